The van der Waals surface area contributed by atoms with E-state index in [4.69, 9.17) is 27.9 Å². The molecule has 1 N–H and O–H groups in total. The second-order valence-electron chi connectivity index (χ2n) is 11.6. The van der Waals surface area contributed by atoms with Crippen molar-refractivity contribution in [3.8, 4) is 0 Å². The molecule has 46 heavy (non-hydrogen) atoms. The van der Waals surface area contributed by atoms with Crippen LogP contribution in [0, 0.1) is 5.92 Å². The zero-order valence-corrected chi connectivity index (χ0v) is 28.1. The highest BCUT2D eigenvalue weighted by molar-refractivity contribution is 8.19. The monoisotopic (exact) mass is 688 g/mol. The number of methoxy groups -OCH3 is 1. The molecular formula is C32H34Cl2N4O7S. The van der Waals surface area contributed by atoms with Gasteiger partial charge in [0.15, 0.2) is 5.17 Å². The number of carbonyl (C=O) groups excluding carboxylic acids is 5. The van der Waals surface area contributed by atoms with Crippen LogP contribution in [0.5, 0.6) is 0 Å². The number of thioether (sulfide) groups is 1. The molecular weight excluding hydrogens is 655 g/mol. The number of rotatable bonds is 7. The summed E-state index contributed by atoms with van der Waals surface area (Å²) < 4.78 is 10.1. The van der Waals surface area contributed by atoms with Crippen LogP contribution in [-0.2, 0) is 19.1 Å². The van der Waals surface area contributed by atoms with Gasteiger partial charge in [0.2, 0.25) is 0 Å². The molecule has 2 heterocycles. The summed E-state index contributed by atoms with van der Waals surface area (Å²) in [6, 6.07) is 10.5. The first kappa shape index (κ1) is 35.0. The summed E-state index contributed by atoms with van der Waals surface area (Å²) in [4.78, 5) is 70.4. The minimum absolute atomic E-state index is 0.000601. The van der Waals surface area contributed by atoms with Gasteiger partial charge in [-0.1, -0.05) is 23.2 Å². The lowest BCUT2D eigenvalue weighted by atomic mass is 9.94. The molecule has 0 radical (unpaired) electrons. The van der Waals surface area contributed by atoms with Crippen LogP contribution in [0.4, 0.5) is 10.5 Å². The van der Waals surface area contributed by atoms with Crippen LogP contribution in [0.2, 0.25) is 10.0 Å². The fraction of sp³-hybridized carbons (Fsp3) is 0.375. The van der Waals surface area contributed by atoms with Gasteiger partial charge in [-0.2, -0.15) is 4.99 Å². The van der Waals surface area contributed by atoms with Gasteiger partial charge in [-0.15, -0.1) is 0 Å². The number of anilines is 1. The number of amides is 4. The molecule has 0 spiro atoms. The first-order valence-electron chi connectivity index (χ1n) is 14.5. The lowest BCUT2D eigenvalue weighted by Gasteiger charge is -2.33. The summed E-state index contributed by atoms with van der Waals surface area (Å²) in [5.74, 6) is -1.97. The zero-order chi connectivity index (χ0) is 33.6. The van der Waals surface area contributed by atoms with Crippen LogP contribution in [0.3, 0.4) is 0 Å². The molecule has 14 heteroatoms. The molecule has 4 amide bonds. The molecule has 244 valence electrons. The Bertz CT molecular complexity index is 1580. The van der Waals surface area contributed by atoms with Gasteiger partial charge in [-0.3, -0.25) is 19.3 Å². The van der Waals surface area contributed by atoms with E-state index in [2.05, 4.69) is 15.0 Å². The van der Waals surface area contributed by atoms with Gasteiger partial charge in [-0.05, 0) is 100 Å². The third kappa shape index (κ3) is 9.11. The largest absolute Gasteiger partial charge is 0.466 e. The van der Waals surface area contributed by atoms with Crippen LogP contribution in [-0.4, -0.2) is 72.2 Å². The average molecular weight is 690 g/mol. The molecule has 2 aliphatic heterocycles. The number of carbonyl (C=O) groups is 5. The smallest absolute Gasteiger partial charge is 0.410 e. The molecule has 0 saturated carbocycles. The van der Waals surface area contributed by atoms with E-state index in [1.54, 1.807) is 29.2 Å². The second kappa shape index (κ2) is 15.1. The number of hydrogen-bond donors (Lipinski definition) is 1. The molecule has 2 aromatic rings. The molecule has 4 rings (SSSR count). The number of esters is 1. The summed E-state index contributed by atoms with van der Waals surface area (Å²) in [7, 11) is 1.18. The molecule has 0 aliphatic carbocycles. The lowest BCUT2D eigenvalue weighted by molar-refractivity contribution is -0.135. The van der Waals surface area contributed by atoms with Gasteiger partial charge in [-0.25, -0.2) is 9.59 Å². The Balaban J connectivity index is 1.40. The quantitative estimate of drug-likeness (QED) is 0.273. The third-order valence-electron chi connectivity index (χ3n) is 7.11. The van der Waals surface area contributed by atoms with Crippen LogP contribution in [0.1, 0.15) is 60.7 Å². The number of amidine groups is 1. The summed E-state index contributed by atoms with van der Waals surface area (Å²) >= 11 is 12.9. The maximum Gasteiger partial charge on any atom is 0.410 e. The topological polar surface area (TPSA) is 135 Å². The highest BCUT2D eigenvalue weighted by Gasteiger charge is 2.36. The van der Waals surface area contributed by atoms with Gasteiger partial charge in [0.25, 0.3) is 17.7 Å². The van der Waals surface area contributed by atoms with E-state index in [1.165, 1.54) is 30.2 Å². The van der Waals surface area contributed by atoms with Crippen molar-refractivity contribution in [3.05, 3.63) is 74.6 Å². The van der Waals surface area contributed by atoms with Gasteiger partial charge >= 0.3 is 12.1 Å². The number of nitrogens with zero attached hydrogens (tertiary/aromatic N) is 3. The molecule has 2 fully saturated rings. The number of ether oxygens (including phenoxy) is 2. The van der Waals surface area contributed by atoms with E-state index in [9.17, 15) is 24.0 Å². The Labute approximate surface area is 281 Å². The fourth-order valence-corrected chi connectivity index (χ4v) is 6.16. The van der Waals surface area contributed by atoms with Crippen LogP contribution in [0.25, 0.3) is 0 Å². The van der Waals surface area contributed by atoms with E-state index in [0.29, 0.717) is 41.8 Å². The fourth-order valence-electron chi connectivity index (χ4n) is 4.74. The van der Waals surface area contributed by atoms with E-state index in [0.717, 1.165) is 37.1 Å². The van der Waals surface area contributed by atoms with Crippen LogP contribution >= 0.6 is 35.0 Å². The predicted octanol–water partition coefficient (Wildman–Crippen LogP) is 6.09. The van der Waals surface area contributed by atoms with E-state index in [1.807, 2.05) is 20.8 Å². The van der Waals surface area contributed by atoms with Gasteiger partial charge < -0.3 is 19.7 Å². The number of nitrogens with one attached hydrogen (secondary N) is 1. The maximum atomic E-state index is 13.3. The highest BCUT2D eigenvalue weighted by Crippen LogP contribution is 2.36. The molecule has 0 unspecified atom stereocenters. The first-order valence-corrected chi connectivity index (χ1v) is 16.1. The van der Waals surface area contributed by atoms with E-state index >= 15 is 0 Å². The Hall–Kier alpha value is -3.87. The van der Waals surface area contributed by atoms with E-state index < -0.39 is 23.4 Å². The summed E-state index contributed by atoms with van der Waals surface area (Å²) in [6.07, 6.45) is 3.14. The molecule has 2 aromatic carbocycles. The zero-order valence-electron chi connectivity index (χ0n) is 25.8. The SMILES string of the molecule is COC(=O)C=C1SC(=NC(=O)c2ccc(Cl)cc2Cl)N(c2ccc(C(=O)NCCC3CCN(C(=O)OC(C)(C)C)CC3)cc2)C1=O. The van der Waals surface area contributed by atoms with Crippen LogP contribution < -0.4 is 10.2 Å². The van der Waals surface area contributed by atoms with Gasteiger partial charge in [0, 0.05) is 36.3 Å². The van der Waals surface area contributed by atoms with Crippen molar-refractivity contribution in [2.24, 2.45) is 10.9 Å². The summed E-state index contributed by atoms with van der Waals surface area (Å²) in [5, 5.41) is 3.35. The minimum Gasteiger partial charge on any atom is -0.466 e. The second-order valence-corrected chi connectivity index (χ2v) is 13.5. The van der Waals surface area contributed by atoms with Gasteiger partial charge in [0.1, 0.15) is 5.60 Å². The molecule has 0 bridgehead atoms. The number of aliphatic imine (C=N–C) groups is 1. The third-order valence-corrected chi connectivity index (χ3v) is 8.62. The molecule has 11 nitrogen and oxygen atoms in total. The predicted molar refractivity (Wildman–Crippen MR) is 177 cm³/mol. The van der Waals surface area contributed by atoms with Crippen molar-refractivity contribution < 1.29 is 33.4 Å². The highest BCUT2D eigenvalue weighted by atomic mass is 35.5. The Morgan fingerprint density at radius 3 is 2.35 bits per heavy atom. The summed E-state index contributed by atoms with van der Waals surface area (Å²) in [6.45, 7) is 7.22. The lowest BCUT2D eigenvalue weighted by Crippen LogP contribution is -2.42. The van der Waals surface area contributed by atoms with Crippen molar-refractivity contribution in [1.82, 2.24) is 10.2 Å². The summed E-state index contributed by atoms with van der Waals surface area (Å²) in [5.41, 5.74) is 0.243. The number of likely N-dealkylation sites (tertiary alicyclic amines) is 1. The van der Waals surface area contributed by atoms with Crippen molar-refractivity contribution in [3.63, 3.8) is 0 Å². The normalized spacial score (nSPS) is 17.4. The number of benzene rings is 2. The Morgan fingerprint density at radius 2 is 1.74 bits per heavy atom. The Morgan fingerprint density at radius 1 is 1.07 bits per heavy atom. The van der Waals surface area contributed by atoms with Crippen molar-refractivity contribution >= 4 is 75.6 Å². The van der Waals surface area contributed by atoms with Crippen molar-refractivity contribution in [2.75, 3.05) is 31.6 Å². The van der Waals surface area contributed by atoms with Gasteiger partial charge in [0.05, 0.1) is 28.3 Å². The number of hydrogen-bond acceptors (Lipinski definition) is 8. The molecule has 0 aromatic heterocycles. The standard InChI is InChI=1S/C32H34Cl2N4O7S/c1-32(2,3)45-31(43)37-15-12-19(13-16-37)11-14-35-27(40)20-5-8-22(9-6-20)38-29(42)25(18-26(39)44-4)46-30(38)36-28(41)23-10-7-21(33)17-24(23)34/h5-10,17-19H,11-16H2,1-4H3,(H,35,40). The van der Waals surface area contributed by atoms with Crippen molar-refractivity contribution in [1.29, 1.82) is 0 Å². The number of piperidine rings is 1. The number of halogens is 2. The average Bonchev–Trinajstić information content (AvgIpc) is 3.29. The maximum absolute atomic E-state index is 13.3. The van der Waals surface area contributed by atoms with Crippen LogP contribution in [0.15, 0.2) is 58.4 Å². The molecule has 2 aliphatic rings. The molecule has 2 saturated heterocycles. The minimum atomic E-state index is -0.746. The molecule has 0 atom stereocenters. The first-order chi connectivity index (χ1) is 21.8. The van der Waals surface area contributed by atoms with E-state index in [-0.39, 0.29) is 32.7 Å². The van der Waals surface area contributed by atoms with Crippen molar-refractivity contribution in [2.45, 2.75) is 45.6 Å². The Kier molecular flexibility index (Phi) is 11.5.